The zero-order chi connectivity index (χ0) is 9.84. The van der Waals surface area contributed by atoms with E-state index in [2.05, 4.69) is 0 Å². The third-order valence-electron chi connectivity index (χ3n) is 1.77. The number of benzene rings is 1. The van der Waals surface area contributed by atoms with Gasteiger partial charge in [0, 0.05) is 6.42 Å². The molecule has 0 saturated carbocycles. The fourth-order valence-electron chi connectivity index (χ4n) is 1.26. The molecule has 0 aliphatic rings. The second kappa shape index (κ2) is 4.49. The van der Waals surface area contributed by atoms with Gasteiger partial charge in [0.15, 0.2) is 0 Å². The van der Waals surface area contributed by atoms with Gasteiger partial charge in [-0.2, -0.15) is 0 Å². The molecule has 2 nitrogen and oxygen atoms in total. The van der Waals surface area contributed by atoms with Gasteiger partial charge in [0.2, 0.25) is 0 Å². The summed E-state index contributed by atoms with van der Waals surface area (Å²) in [6.45, 7) is 1.74. The average Bonchev–Trinajstić information content (AvgIpc) is 2.03. The second-order valence-corrected chi connectivity index (χ2v) is 3.39. The van der Waals surface area contributed by atoms with Crippen LogP contribution >= 0.6 is 11.6 Å². The van der Waals surface area contributed by atoms with E-state index in [0.29, 0.717) is 17.2 Å². The predicted octanol–water partition coefficient (Wildman–Crippen LogP) is 2.27. The highest BCUT2D eigenvalue weighted by Crippen LogP contribution is 2.28. The first-order valence-electron chi connectivity index (χ1n) is 4.14. The van der Waals surface area contributed by atoms with Gasteiger partial charge in [-0.1, -0.05) is 23.7 Å². The predicted molar refractivity (Wildman–Crippen MR) is 53.4 cm³/mol. The van der Waals surface area contributed by atoms with Gasteiger partial charge in [0.1, 0.15) is 5.75 Å². The fourth-order valence-corrected chi connectivity index (χ4v) is 1.53. The summed E-state index contributed by atoms with van der Waals surface area (Å²) >= 11 is 5.91. The molecule has 1 N–H and O–H groups in total. The molecule has 0 radical (unpaired) electrons. The normalized spacial score (nSPS) is 12.6. The van der Waals surface area contributed by atoms with Gasteiger partial charge in [-0.25, -0.2) is 0 Å². The maximum Gasteiger partial charge on any atom is 0.140 e. The molecule has 1 unspecified atom stereocenters. The lowest BCUT2D eigenvalue weighted by atomic mass is 10.1. The van der Waals surface area contributed by atoms with E-state index in [1.807, 2.05) is 12.1 Å². The molecule has 0 aromatic heterocycles. The van der Waals surface area contributed by atoms with E-state index >= 15 is 0 Å². The minimum Gasteiger partial charge on any atom is -0.495 e. The van der Waals surface area contributed by atoms with Crippen LogP contribution in [0.3, 0.4) is 0 Å². The van der Waals surface area contributed by atoms with E-state index in [4.69, 9.17) is 16.3 Å². The van der Waals surface area contributed by atoms with Crippen molar-refractivity contribution >= 4 is 11.6 Å². The molecule has 0 aliphatic carbocycles. The van der Waals surface area contributed by atoms with Crippen LogP contribution in [0.1, 0.15) is 12.5 Å². The third kappa shape index (κ3) is 2.61. The Bertz CT molecular complexity index is 284. The van der Waals surface area contributed by atoms with Crippen molar-refractivity contribution in [3.8, 4) is 5.75 Å². The molecule has 1 rings (SSSR count). The standard InChI is InChI=1S/C10H13ClO2/c1-7(12)6-8-4-3-5-9(11)10(8)13-2/h3-5,7,12H,6H2,1-2H3. The average molecular weight is 201 g/mol. The fraction of sp³-hybridized carbons (Fsp3) is 0.400. The molecule has 0 fully saturated rings. The van der Waals surface area contributed by atoms with Gasteiger partial charge in [0.25, 0.3) is 0 Å². The Hall–Kier alpha value is -0.730. The summed E-state index contributed by atoms with van der Waals surface area (Å²) in [7, 11) is 1.58. The van der Waals surface area contributed by atoms with Crippen molar-refractivity contribution in [3.63, 3.8) is 0 Å². The minimum atomic E-state index is -0.382. The lowest BCUT2D eigenvalue weighted by Crippen LogP contribution is -2.05. The van der Waals surface area contributed by atoms with E-state index in [-0.39, 0.29) is 6.10 Å². The SMILES string of the molecule is COc1c(Cl)cccc1CC(C)O. The summed E-state index contributed by atoms with van der Waals surface area (Å²) in [6, 6.07) is 5.52. The molecule has 0 aliphatic heterocycles. The zero-order valence-electron chi connectivity index (χ0n) is 7.75. The van der Waals surface area contributed by atoms with Crippen LogP contribution in [0.2, 0.25) is 5.02 Å². The summed E-state index contributed by atoms with van der Waals surface area (Å²) in [5.41, 5.74) is 0.935. The summed E-state index contributed by atoms with van der Waals surface area (Å²) < 4.78 is 5.13. The van der Waals surface area contributed by atoms with Crippen molar-refractivity contribution in [2.45, 2.75) is 19.4 Å². The highest BCUT2D eigenvalue weighted by molar-refractivity contribution is 6.32. The van der Waals surface area contributed by atoms with E-state index in [9.17, 15) is 5.11 Å². The Kier molecular flexibility index (Phi) is 3.58. The monoisotopic (exact) mass is 200 g/mol. The number of ether oxygens (including phenoxy) is 1. The molecule has 0 amide bonds. The van der Waals surface area contributed by atoms with E-state index < -0.39 is 0 Å². The van der Waals surface area contributed by atoms with Crippen LogP contribution in [-0.4, -0.2) is 18.3 Å². The van der Waals surface area contributed by atoms with Crippen molar-refractivity contribution in [2.24, 2.45) is 0 Å². The molecule has 1 aromatic rings. The van der Waals surface area contributed by atoms with E-state index in [0.717, 1.165) is 5.56 Å². The maximum absolute atomic E-state index is 9.22. The van der Waals surface area contributed by atoms with Crippen LogP contribution in [0.4, 0.5) is 0 Å². The third-order valence-corrected chi connectivity index (χ3v) is 2.07. The zero-order valence-corrected chi connectivity index (χ0v) is 8.51. The smallest absolute Gasteiger partial charge is 0.140 e. The van der Waals surface area contributed by atoms with Gasteiger partial charge in [-0.3, -0.25) is 0 Å². The number of hydrogen-bond acceptors (Lipinski definition) is 2. The molecule has 0 saturated heterocycles. The number of halogens is 1. The number of aliphatic hydroxyl groups is 1. The van der Waals surface area contributed by atoms with Gasteiger partial charge in [-0.15, -0.1) is 0 Å². The van der Waals surface area contributed by atoms with Crippen LogP contribution in [-0.2, 0) is 6.42 Å². The molecule has 1 aromatic carbocycles. The van der Waals surface area contributed by atoms with Crippen LogP contribution in [0.15, 0.2) is 18.2 Å². The second-order valence-electron chi connectivity index (χ2n) is 2.99. The number of methoxy groups -OCH3 is 1. The first-order valence-corrected chi connectivity index (χ1v) is 4.52. The highest BCUT2D eigenvalue weighted by atomic mass is 35.5. The Morgan fingerprint density at radius 1 is 1.54 bits per heavy atom. The number of rotatable bonds is 3. The quantitative estimate of drug-likeness (QED) is 0.811. The molecule has 72 valence electrons. The van der Waals surface area contributed by atoms with Gasteiger partial charge in [-0.05, 0) is 18.6 Å². The lowest BCUT2D eigenvalue weighted by Gasteiger charge is -2.10. The van der Waals surface area contributed by atoms with E-state index in [1.54, 1.807) is 20.1 Å². The molecule has 0 heterocycles. The van der Waals surface area contributed by atoms with Crippen LogP contribution in [0, 0.1) is 0 Å². The van der Waals surface area contributed by atoms with Crippen molar-refractivity contribution in [1.29, 1.82) is 0 Å². The van der Waals surface area contributed by atoms with Crippen molar-refractivity contribution in [1.82, 2.24) is 0 Å². The van der Waals surface area contributed by atoms with Gasteiger partial charge >= 0.3 is 0 Å². The maximum atomic E-state index is 9.22. The Balaban J connectivity index is 2.98. The summed E-state index contributed by atoms with van der Waals surface area (Å²) in [6.07, 6.45) is 0.177. The largest absolute Gasteiger partial charge is 0.495 e. The molecule has 3 heteroatoms. The minimum absolute atomic E-state index is 0.382. The molecule has 1 atom stereocenters. The van der Waals surface area contributed by atoms with E-state index in [1.165, 1.54) is 0 Å². The lowest BCUT2D eigenvalue weighted by molar-refractivity contribution is 0.194. The summed E-state index contributed by atoms with van der Waals surface area (Å²) in [5.74, 6) is 0.657. The number of aliphatic hydroxyl groups excluding tert-OH is 1. The van der Waals surface area contributed by atoms with Crippen molar-refractivity contribution < 1.29 is 9.84 Å². The topological polar surface area (TPSA) is 29.5 Å². The molecule has 0 spiro atoms. The highest BCUT2D eigenvalue weighted by Gasteiger charge is 2.08. The van der Waals surface area contributed by atoms with Crippen molar-refractivity contribution in [3.05, 3.63) is 28.8 Å². The summed E-state index contributed by atoms with van der Waals surface area (Å²) in [4.78, 5) is 0. The number of para-hydroxylation sites is 1. The first-order chi connectivity index (χ1) is 6.15. The molecule has 0 bridgehead atoms. The van der Waals surface area contributed by atoms with Crippen LogP contribution in [0.25, 0.3) is 0 Å². The molecular formula is C10H13ClO2. The first kappa shape index (κ1) is 10.4. The van der Waals surface area contributed by atoms with Crippen LogP contribution < -0.4 is 4.74 Å². The Morgan fingerprint density at radius 3 is 2.77 bits per heavy atom. The molecular weight excluding hydrogens is 188 g/mol. The van der Waals surface area contributed by atoms with Gasteiger partial charge < -0.3 is 9.84 Å². The Morgan fingerprint density at radius 2 is 2.23 bits per heavy atom. The summed E-state index contributed by atoms with van der Waals surface area (Å²) in [5, 5.41) is 9.80. The Labute approximate surface area is 83.1 Å². The van der Waals surface area contributed by atoms with Crippen molar-refractivity contribution in [2.75, 3.05) is 7.11 Å². The molecule has 13 heavy (non-hydrogen) atoms. The number of hydrogen-bond donors (Lipinski definition) is 1. The van der Waals surface area contributed by atoms with Crippen LogP contribution in [0.5, 0.6) is 5.75 Å². The van der Waals surface area contributed by atoms with Gasteiger partial charge in [0.05, 0.1) is 18.2 Å².